The third-order valence-corrected chi connectivity index (χ3v) is 12.4. The van der Waals surface area contributed by atoms with Gasteiger partial charge in [0.2, 0.25) is 0 Å². The summed E-state index contributed by atoms with van der Waals surface area (Å²) in [4.78, 5) is 52.8. The average molecular weight is 785 g/mol. The van der Waals surface area contributed by atoms with E-state index in [1.54, 1.807) is 0 Å². The molecule has 0 bridgehead atoms. The van der Waals surface area contributed by atoms with E-state index >= 15 is 0 Å². The molecule has 2 aliphatic rings. The van der Waals surface area contributed by atoms with Crippen LogP contribution in [0.4, 0.5) is 0 Å². The lowest BCUT2D eigenvalue weighted by atomic mass is 9.75. The third kappa shape index (κ3) is 7.54. The highest BCUT2D eigenvalue weighted by molar-refractivity contribution is 6.47. The normalized spacial score (nSPS) is 16.2. The van der Waals surface area contributed by atoms with Crippen molar-refractivity contribution in [2.45, 2.75) is 80.1 Å². The van der Waals surface area contributed by atoms with Crippen LogP contribution in [0.3, 0.4) is 0 Å². The molecular formula is C34H36Cl6O8. The van der Waals surface area contributed by atoms with Crippen LogP contribution in [-0.4, -0.2) is 37.1 Å². The van der Waals surface area contributed by atoms with Crippen LogP contribution in [0.25, 0.3) is 0 Å². The summed E-state index contributed by atoms with van der Waals surface area (Å²) in [6.45, 7) is 12.2. The fourth-order valence-corrected chi connectivity index (χ4v) is 7.69. The van der Waals surface area contributed by atoms with Crippen molar-refractivity contribution < 1.29 is 38.1 Å². The Morgan fingerprint density at radius 1 is 0.604 bits per heavy atom. The number of esters is 4. The first-order valence-electron chi connectivity index (χ1n) is 15.4. The lowest BCUT2D eigenvalue weighted by Crippen LogP contribution is -2.32. The van der Waals surface area contributed by atoms with E-state index in [1.165, 1.54) is 0 Å². The zero-order valence-electron chi connectivity index (χ0n) is 27.3. The number of carbonyl (C=O) groups is 4. The summed E-state index contributed by atoms with van der Waals surface area (Å²) in [6, 6.07) is 2.26. The third-order valence-electron chi connectivity index (χ3n) is 10.3. The van der Waals surface area contributed by atoms with Gasteiger partial charge in [-0.05, 0) is 61.5 Å². The number of rotatable bonds is 12. The fourth-order valence-electron chi connectivity index (χ4n) is 6.25. The smallest absolute Gasteiger partial charge is 0.423 e. The number of hydrogen-bond acceptors (Lipinski definition) is 8. The van der Waals surface area contributed by atoms with Crippen LogP contribution in [-0.2, 0) is 19.1 Å². The van der Waals surface area contributed by atoms with E-state index in [2.05, 4.69) is 13.8 Å². The minimum absolute atomic E-state index is 0.0286. The van der Waals surface area contributed by atoms with Crippen molar-refractivity contribution in [3.05, 3.63) is 53.4 Å². The van der Waals surface area contributed by atoms with Crippen molar-refractivity contribution in [3.8, 4) is 11.5 Å². The van der Waals surface area contributed by atoms with E-state index in [-0.39, 0.29) is 65.0 Å². The molecule has 0 atom stereocenters. The molecule has 0 radical (unpaired) electrons. The molecule has 0 aromatic heterocycles. The summed E-state index contributed by atoms with van der Waals surface area (Å²) >= 11 is 37.7. The molecule has 0 unspecified atom stereocenters. The molecule has 0 amide bonds. The van der Waals surface area contributed by atoms with E-state index in [4.69, 9.17) is 88.6 Å². The number of halogens is 6. The zero-order valence-corrected chi connectivity index (χ0v) is 31.9. The summed E-state index contributed by atoms with van der Waals surface area (Å²) in [6.07, 6.45) is 5.83. The van der Waals surface area contributed by atoms with Crippen molar-refractivity contribution in [1.29, 1.82) is 0 Å². The van der Waals surface area contributed by atoms with Crippen LogP contribution >= 0.6 is 69.6 Å². The first-order chi connectivity index (χ1) is 22.3. The molecule has 2 aromatic carbocycles. The lowest BCUT2D eigenvalue weighted by molar-refractivity contribution is -0.156. The summed E-state index contributed by atoms with van der Waals surface area (Å²) < 4.78 is 21.7. The second-order valence-electron chi connectivity index (χ2n) is 13.7. The van der Waals surface area contributed by atoms with Gasteiger partial charge in [0.05, 0.1) is 43.3 Å². The largest absolute Gasteiger partial charge is 0.461 e. The fraction of sp³-hybridized carbons (Fsp3) is 0.529. The number of benzene rings is 2. The monoisotopic (exact) mass is 782 g/mol. The van der Waals surface area contributed by atoms with Crippen molar-refractivity contribution in [1.82, 2.24) is 0 Å². The molecule has 0 saturated heterocycles. The Bertz CT molecular complexity index is 1540. The summed E-state index contributed by atoms with van der Waals surface area (Å²) in [5.74, 6) is -6.41. The van der Waals surface area contributed by atoms with Gasteiger partial charge in [0, 0.05) is 10.8 Å². The van der Waals surface area contributed by atoms with Crippen molar-refractivity contribution >= 4 is 93.5 Å². The van der Waals surface area contributed by atoms with Crippen LogP contribution < -0.4 is 9.47 Å². The van der Waals surface area contributed by atoms with Gasteiger partial charge in [0.1, 0.15) is 11.1 Å². The van der Waals surface area contributed by atoms with Gasteiger partial charge >= 0.3 is 23.9 Å². The van der Waals surface area contributed by atoms with Gasteiger partial charge in [-0.2, -0.15) is 0 Å². The van der Waals surface area contributed by atoms with Crippen molar-refractivity contribution in [2.75, 3.05) is 13.2 Å². The molecule has 0 aliphatic heterocycles. The molecule has 14 heteroatoms. The highest BCUT2D eigenvalue weighted by atomic mass is 35.5. The maximum absolute atomic E-state index is 13.3. The molecule has 48 heavy (non-hydrogen) atoms. The Morgan fingerprint density at radius 2 is 0.917 bits per heavy atom. The predicted octanol–water partition coefficient (Wildman–Crippen LogP) is 10.9. The number of hydrogen-bond donors (Lipinski definition) is 0. The standard InChI is InChI=1S/C34H36Cl6O8/c1-7-33(9-10-33)31(3,4)15-45-27(41)21-23(39)17(35)13-19(37)25(21)47-29(43)30(44)48-26-20(38)14-18(36)24(40)22(26)28(42)46-16-32(5,6)34(8-2)11-12-34/h13-14H,7-12,15-16H2,1-6H3. The molecule has 2 aliphatic carbocycles. The van der Waals surface area contributed by atoms with E-state index < -0.39 is 46.5 Å². The molecule has 0 heterocycles. The predicted molar refractivity (Wildman–Crippen MR) is 186 cm³/mol. The number of carbonyl (C=O) groups excluding carboxylic acids is 4. The second kappa shape index (κ2) is 14.4. The Kier molecular flexibility index (Phi) is 11.6. The van der Waals surface area contributed by atoms with Crippen LogP contribution in [0.15, 0.2) is 12.1 Å². The molecule has 262 valence electrons. The zero-order chi connectivity index (χ0) is 36.0. The quantitative estimate of drug-likeness (QED) is 0.0907. The van der Waals surface area contributed by atoms with Gasteiger partial charge in [-0.25, -0.2) is 19.2 Å². The molecule has 0 N–H and O–H groups in total. The molecule has 2 aromatic rings. The van der Waals surface area contributed by atoms with Gasteiger partial charge in [-0.1, -0.05) is 111 Å². The molecule has 2 saturated carbocycles. The minimum atomic E-state index is -1.64. The van der Waals surface area contributed by atoms with Gasteiger partial charge in [-0.3, -0.25) is 0 Å². The van der Waals surface area contributed by atoms with E-state index in [9.17, 15) is 19.2 Å². The van der Waals surface area contributed by atoms with Gasteiger partial charge in [-0.15, -0.1) is 0 Å². The minimum Gasteiger partial charge on any atom is -0.461 e. The summed E-state index contributed by atoms with van der Waals surface area (Å²) in [7, 11) is 0. The Hall–Kier alpha value is -1.94. The first-order valence-corrected chi connectivity index (χ1v) is 17.7. The SMILES string of the molecule is CCC1(C(C)(C)COC(=O)c2c(Cl)c(Cl)cc(Cl)c2OC(=O)C(=O)Oc2c(Cl)cc(Cl)c(Cl)c2C(=O)OCC(C)(C)C2(CC)CC2)CC1. The van der Waals surface area contributed by atoms with E-state index in [1.807, 2.05) is 27.7 Å². The van der Waals surface area contributed by atoms with Gasteiger partial charge < -0.3 is 18.9 Å². The summed E-state index contributed by atoms with van der Waals surface area (Å²) in [5, 5.41) is -1.50. The van der Waals surface area contributed by atoms with E-state index in [0.717, 1.165) is 50.7 Å². The topological polar surface area (TPSA) is 105 Å². The molecular weight excluding hydrogens is 749 g/mol. The molecule has 0 spiro atoms. The van der Waals surface area contributed by atoms with Crippen LogP contribution in [0.5, 0.6) is 11.5 Å². The average Bonchev–Trinajstić information content (AvgIpc) is 3.95. The van der Waals surface area contributed by atoms with Crippen LogP contribution in [0, 0.1) is 21.7 Å². The maximum atomic E-state index is 13.3. The molecule has 2 fully saturated rings. The van der Waals surface area contributed by atoms with Crippen molar-refractivity contribution in [2.24, 2.45) is 21.7 Å². The first kappa shape index (κ1) is 38.9. The van der Waals surface area contributed by atoms with Crippen LogP contribution in [0.1, 0.15) is 101 Å². The number of ether oxygens (including phenoxy) is 4. The Morgan fingerprint density at radius 3 is 1.19 bits per heavy atom. The Labute approximate surface area is 309 Å². The highest BCUT2D eigenvalue weighted by Crippen LogP contribution is 2.62. The van der Waals surface area contributed by atoms with Gasteiger partial charge in [0.25, 0.3) is 0 Å². The maximum Gasteiger partial charge on any atom is 0.423 e. The lowest BCUT2D eigenvalue weighted by Gasteiger charge is -2.33. The highest BCUT2D eigenvalue weighted by Gasteiger charge is 2.54. The van der Waals surface area contributed by atoms with Gasteiger partial charge in [0.15, 0.2) is 11.5 Å². The molecule has 4 rings (SSSR count). The second-order valence-corrected chi connectivity index (χ2v) is 16.1. The molecule has 8 nitrogen and oxygen atoms in total. The van der Waals surface area contributed by atoms with E-state index in [0.29, 0.717) is 0 Å². The Balaban J connectivity index is 1.56. The van der Waals surface area contributed by atoms with Crippen molar-refractivity contribution in [3.63, 3.8) is 0 Å². The van der Waals surface area contributed by atoms with Crippen LogP contribution in [0.2, 0.25) is 30.1 Å². The summed E-state index contributed by atoms with van der Waals surface area (Å²) in [5.41, 5.74) is -1.60.